The lowest BCUT2D eigenvalue weighted by Gasteiger charge is -1.97. The van der Waals surface area contributed by atoms with Crippen LogP contribution in [0.2, 0.25) is 0 Å². The Morgan fingerprint density at radius 3 is 2.94 bits per heavy atom. The number of nitrogens with zero attached hydrogens (tertiary/aromatic N) is 2. The zero-order valence-electron chi connectivity index (χ0n) is 9.79. The molecule has 0 saturated heterocycles. The van der Waals surface area contributed by atoms with Crippen LogP contribution in [0.25, 0.3) is 0 Å². The Labute approximate surface area is 113 Å². The molecule has 0 saturated carbocycles. The molecular weight excluding hydrogens is 268 g/mol. The van der Waals surface area contributed by atoms with Crippen LogP contribution in [-0.4, -0.2) is 26.8 Å². The van der Waals surface area contributed by atoms with Crippen LogP contribution >= 0.6 is 23.1 Å². The van der Waals surface area contributed by atoms with Crippen molar-refractivity contribution in [2.75, 3.05) is 5.75 Å². The maximum absolute atomic E-state index is 10.9. The van der Waals surface area contributed by atoms with Crippen LogP contribution < -0.4 is 0 Å². The van der Waals surface area contributed by atoms with Gasteiger partial charge in [-0.3, -0.25) is 4.98 Å². The van der Waals surface area contributed by atoms with Gasteiger partial charge in [0.15, 0.2) is 4.34 Å². The van der Waals surface area contributed by atoms with E-state index in [2.05, 4.69) is 9.97 Å². The van der Waals surface area contributed by atoms with Gasteiger partial charge in [0.1, 0.15) is 4.88 Å². The highest BCUT2D eigenvalue weighted by atomic mass is 32.2. The second-order valence-electron chi connectivity index (χ2n) is 3.62. The summed E-state index contributed by atoms with van der Waals surface area (Å²) < 4.78 is 0.806. The molecule has 0 bridgehead atoms. The van der Waals surface area contributed by atoms with E-state index < -0.39 is 5.97 Å². The molecule has 0 atom stereocenters. The molecular formula is C12H12N2O2S2. The van der Waals surface area contributed by atoms with E-state index in [1.165, 1.54) is 11.3 Å². The van der Waals surface area contributed by atoms with Crippen molar-refractivity contribution in [3.05, 3.63) is 40.7 Å². The summed E-state index contributed by atoms with van der Waals surface area (Å²) in [5, 5.41) is 8.93. The van der Waals surface area contributed by atoms with Crippen LogP contribution in [0.5, 0.6) is 0 Å². The summed E-state index contributed by atoms with van der Waals surface area (Å²) in [5.74, 6) is -0.0511. The van der Waals surface area contributed by atoms with E-state index >= 15 is 0 Å². The van der Waals surface area contributed by atoms with Gasteiger partial charge in [-0.15, -0.1) is 11.3 Å². The number of carbonyl (C=O) groups is 1. The van der Waals surface area contributed by atoms with Crippen LogP contribution in [0.3, 0.4) is 0 Å². The number of thiazole rings is 1. The maximum atomic E-state index is 10.9. The minimum absolute atomic E-state index is 0.329. The molecule has 0 aliphatic heterocycles. The second kappa shape index (κ2) is 5.97. The van der Waals surface area contributed by atoms with Gasteiger partial charge in [-0.2, -0.15) is 0 Å². The normalized spacial score (nSPS) is 10.5. The minimum atomic E-state index is -0.901. The zero-order valence-corrected chi connectivity index (χ0v) is 11.4. The molecule has 6 heteroatoms. The highest BCUT2D eigenvalue weighted by Crippen LogP contribution is 2.27. The number of carboxylic acid groups (broad SMARTS) is 1. The van der Waals surface area contributed by atoms with Gasteiger partial charge in [0.2, 0.25) is 0 Å². The largest absolute Gasteiger partial charge is 0.477 e. The van der Waals surface area contributed by atoms with Gasteiger partial charge in [-0.25, -0.2) is 9.78 Å². The van der Waals surface area contributed by atoms with Gasteiger partial charge in [0.25, 0.3) is 0 Å². The number of carboxylic acids is 1. The Morgan fingerprint density at radius 2 is 2.33 bits per heavy atom. The molecule has 4 nitrogen and oxygen atoms in total. The van der Waals surface area contributed by atoms with E-state index in [1.54, 1.807) is 24.9 Å². The minimum Gasteiger partial charge on any atom is -0.477 e. The monoisotopic (exact) mass is 280 g/mol. The first-order chi connectivity index (χ1) is 8.66. The van der Waals surface area contributed by atoms with Crippen molar-refractivity contribution in [3.63, 3.8) is 0 Å². The first kappa shape index (κ1) is 13.0. The number of aromatic carboxylic acids is 1. The lowest BCUT2D eigenvalue weighted by molar-refractivity contribution is 0.0701. The molecule has 0 fully saturated rings. The lowest BCUT2D eigenvalue weighted by atomic mass is 10.3. The molecule has 2 aromatic rings. The summed E-state index contributed by atoms with van der Waals surface area (Å²) in [4.78, 5) is 19.7. The van der Waals surface area contributed by atoms with Crippen LogP contribution in [0, 0.1) is 6.92 Å². The second-order valence-corrected chi connectivity index (χ2v) is 5.96. The number of thioether (sulfide) groups is 1. The molecule has 94 valence electrons. The number of hydrogen-bond acceptors (Lipinski definition) is 5. The quantitative estimate of drug-likeness (QED) is 0.853. The predicted octanol–water partition coefficient (Wildman–Crippen LogP) is 2.88. The molecule has 2 heterocycles. The Morgan fingerprint density at radius 1 is 1.50 bits per heavy atom. The molecule has 18 heavy (non-hydrogen) atoms. The van der Waals surface area contributed by atoms with Crippen molar-refractivity contribution in [3.8, 4) is 0 Å². The maximum Gasteiger partial charge on any atom is 0.347 e. The van der Waals surface area contributed by atoms with Crippen LogP contribution in [0.15, 0.2) is 28.7 Å². The summed E-state index contributed by atoms with van der Waals surface area (Å²) >= 11 is 2.81. The first-order valence-electron chi connectivity index (χ1n) is 5.40. The van der Waals surface area contributed by atoms with E-state index in [0.29, 0.717) is 10.6 Å². The summed E-state index contributed by atoms with van der Waals surface area (Å²) in [6.45, 7) is 1.72. The van der Waals surface area contributed by atoms with Crippen LogP contribution in [0.4, 0.5) is 0 Å². The van der Waals surface area contributed by atoms with E-state index in [-0.39, 0.29) is 0 Å². The Kier molecular flexibility index (Phi) is 4.33. The topological polar surface area (TPSA) is 63.1 Å². The summed E-state index contributed by atoms with van der Waals surface area (Å²) in [5.41, 5.74) is 1.63. The molecule has 2 aromatic heterocycles. The SMILES string of the molecule is Cc1nc(SCCc2ccccn2)sc1C(=O)O. The fourth-order valence-corrected chi connectivity index (χ4v) is 3.48. The summed E-state index contributed by atoms with van der Waals surface area (Å²) in [7, 11) is 0. The number of pyridine rings is 1. The molecule has 2 rings (SSSR count). The van der Waals surface area contributed by atoms with Crippen molar-refractivity contribution >= 4 is 29.1 Å². The third-order valence-corrected chi connectivity index (χ3v) is 4.57. The number of hydrogen-bond donors (Lipinski definition) is 1. The first-order valence-corrected chi connectivity index (χ1v) is 7.20. The fourth-order valence-electron chi connectivity index (χ4n) is 1.42. The van der Waals surface area contributed by atoms with Gasteiger partial charge in [-0.05, 0) is 25.5 Å². The molecule has 0 amide bonds. The summed E-state index contributed by atoms with van der Waals surface area (Å²) in [6, 6.07) is 5.83. The van der Waals surface area contributed by atoms with Crippen LogP contribution in [-0.2, 0) is 6.42 Å². The van der Waals surface area contributed by atoms with Crippen LogP contribution in [0.1, 0.15) is 21.1 Å². The number of aromatic nitrogens is 2. The molecule has 0 unspecified atom stereocenters. The Bertz CT molecular complexity index is 540. The molecule has 0 aliphatic carbocycles. The smallest absolute Gasteiger partial charge is 0.347 e. The van der Waals surface area contributed by atoms with Crippen molar-refractivity contribution in [2.45, 2.75) is 17.7 Å². The molecule has 0 spiro atoms. The lowest BCUT2D eigenvalue weighted by Crippen LogP contribution is -1.94. The molecule has 0 aliphatic rings. The van der Waals surface area contributed by atoms with Gasteiger partial charge >= 0.3 is 5.97 Å². The van der Waals surface area contributed by atoms with E-state index in [9.17, 15) is 4.79 Å². The van der Waals surface area contributed by atoms with Gasteiger partial charge in [0, 0.05) is 17.6 Å². The predicted molar refractivity (Wildman–Crippen MR) is 72.5 cm³/mol. The van der Waals surface area contributed by atoms with Gasteiger partial charge in [0.05, 0.1) is 5.69 Å². The van der Waals surface area contributed by atoms with Crippen molar-refractivity contribution in [1.82, 2.24) is 9.97 Å². The highest BCUT2D eigenvalue weighted by molar-refractivity contribution is 8.01. The van der Waals surface area contributed by atoms with Crippen molar-refractivity contribution < 1.29 is 9.90 Å². The average molecular weight is 280 g/mol. The third-order valence-electron chi connectivity index (χ3n) is 2.28. The molecule has 0 aromatic carbocycles. The fraction of sp³-hybridized carbons (Fsp3) is 0.250. The number of aryl methyl sites for hydroxylation is 2. The van der Waals surface area contributed by atoms with E-state index in [4.69, 9.17) is 5.11 Å². The summed E-state index contributed by atoms with van der Waals surface area (Å²) in [6.07, 6.45) is 2.63. The molecule has 0 radical (unpaired) electrons. The number of rotatable bonds is 5. The molecule has 1 N–H and O–H groups in total. The van der Waals surface area contributed by atoms with E-state index in [1.807, 2.05) is 18.2 Å². The Hall–Kier alpha value is -1.40. The van der Waals surface area contributed by atoms with Gasteiger partial charge < -0.3 is 5.11 Å². The zero-order chi connectivity index (χ0) is 13.0. The Balaban J connectivity index is 1.91. The highest BCUT2D eigenvalue weighted by Gasteiger charge is 2.13. The third kappa shape index (κ3) is 3.30. The average Bonchev–Trinajstić information content (AvgIpc) is 2.72. The standard InChI is InChI=1S/C12H12N2O2S2/c1-8-10(11(15)16)18-12(14-8)17-7-5-9-4-2-3-6-13-9/h2-4,6H,5,7H2,1H3,(H,15,16). The van der Waals surface area contributed by atoms with E-state index in [0.717, 1.165) is 22.2 Å². The van der Waals surface area contributed by atoms with Crippen molar-refractivity contribution in [1.29, 1.82) is 0 Å². The van der Waals surface area contributed by atoms with Crippen molar-refractivity contribution in [2.24, 2.45) is 0 Å². The van der Waals surface area contributed by atoms with Gasteiger partial charge in [-0.1, -0.05) is 17.8 Å².